The van der Waals surface area contributed by atoms with Crippen LogP contribution in [-0.4, -0.2) is 11.8 Å². The van der Waals surface area contributed by atoms with Crippen LogP contribution >= 0.6 is 15.9 Å². The van der Waals surface area contributed by atoms with Gasteiger partial charge < -0.3 is 15.1 Å². The van der Waals surface area contributed by atoms with Gasteiger partial charge in [-0.1, -0.05) is 54.6 Å². The average molecular weight is 451 g/mol. The molecule has 29 heavy (non-hydrogen) atoms. The summed E-state index contributed by atoms with van der Waals surface area (Å²) in [5.74, 6) is -0.181. The van der Waals surface area contributed by atoms with E-state index in [1.807, 2.05) is 42.5 Å². The van der Waals surface area contributed by atoms with Gasteiger partial charge in [0.1, 0.15) is 11.5 Å². The summed E-state index contributed by atoms with van der Waals surface area (Å²) in [5.41, 5.74) is 1.55. The van der Waals surface area contributed by atoms with E-state index in [1.54, 1.807) is 42.5 Å². The van der Waals surface area contributed by atoms with Gasteiger partial charge in [0.15, 0.2) is 0 Å². The molecule has 0 saturated heterocycles. The van der Waals surface area contributed by atoms with Crippen LogP contribution in [0, 0.1) is 0 Å². The first-order valence-corrected chi connectivity index (χ1v) is 9.72. The zero-order valence-corrected chi connectivity index (χ0v) is 17.1. The van der Waals surface area contributed by atoms with Gasteiger partial charge in [0.25, 0.3) is 11.8 Å². The monoisotopic (exact) mass is 450 g/mol. The Hall–Kier alpha value is -3.38. The Labute approximate surface area is 177 Å². The Kier molecular flexibility index (Phi) is 7.19. The molecular formula is C23H19BrN2O3. The second kappa shape index (κ2) is 10.2. The van der Waals surface area contributed by atoms with E-state index in [1.165, 1.54) is 6.26 Å². The second-order valence-electron chi connectivity index (χ2n) is 6.05. The lowest BCUT2D eigenvalue weighted by molar-refractivity contribution is -0.118. The number of hydrogen-bond acceptors (Lipinski definition) is 3. The maximum atomic E-state index is 12.7. The van der Waals surface area contributed by atoms with Crippen molar-refractivity contribution < 1.29 is 14.0 Å². The van der Waals surface area contributed by atoms with Crippen molar-refractivity contribution >= 4 is 33.8 Å². The highest BCUT2D eigenvalue weighted by Crippen LogP contribution is 2.16. The molecule has 2 N–H and O–H groups in total. The lowest BCUT2D eigenvalue weighted by Gasteiger charge is -2.10. The molecule has 0 aliphatic rings. The number of nitrogens with one attached hydrogen (secondary N) is 2. The van der Waals surface area contributed by atoms with Crippen LogP contribution in [0.3, 0.4) is 0 Å². The van der Waals surface area contributed by atoms with Crippen LogP contribution in [0.5, 0.6) is 0 Å². The van der Waals surface area contributed by atoms with Gasteiger partial charge in [0.2, 0.25) is 0 Å². The molecule has 5 nitrogen and oxygen atoms in total. The van der Waals surface area contributed by atoms with Crippen LogP contribution < -0.4 is 10.6 Å². The molecule has 6 heteroatoms. The first-order valence-electron chi connectivity index (χ1n) is 8.93. The molecule has 2 aromatic carbocycles. The zero-order chi connectivity index (χ0) is 20.5. The molecule has 0 bridgehead atoms. The predicted octanol–water partition coefficient (Wildman–Crippen LogP) is 4.69. The van der Waals surface area contributed by atoms with Crippen molar-refractivity contribution in [2.75, 3.05) is 0 Å². The summed E-state index contributed by atoms with van der Waals surface area (Å²) in [7, 11) is 0. The molecule has 0 fully saturated rings. The molecule has 3 rings (SSSR count). The average Bonchev–Trinajstić information content (AvgIpc) is 3.26. The van der Waals surface area contributed by atoms with E-state index < -0.39 is 5.91 Å². The van der Waals surface area contributed by atoms with Crippen molar-refractivity contribution in [3.63, 3.8) is 0 Å². The number of furan rings is 1. The van der Waals surface area contributed by atoms with Gasteiger partial charge in [-0.2, -0.15) is 0 Å². The lowest BCUT2D eigenvalue weighted by atomic mass is 10.2. The number of halogens is 1. The fourth-order valence-electron chi connectivity index (χ4n) is 2.50. The molecular weight excluding hydrogens is 432 g/mol. The van der Waals surface area contributed by atoms with E-state index in [0.29, 0.717) is 15.8 Å². The van der Waals surface area contributed by atoms with E-state index >= 15 is 0 Å². The van der Waals surface area contributed by atoms with Crippen LogP contribution in [0.2, 0.25) is 0 Å². The molecule has 0 saturated carbocycles. The van der Waals surface area contributed by atoms with E-state index in [2.05, 4.69) is 26.6 Å². The van der Waals surface area contributed by atoms with Crippen molar-refractivity contribution in [2.45, 2.75) is 6.54 Å². The largest absolute Gasteiger partial charge is 0.467 e. The third kappa shape index (κ3) is 6.05. The number of carbonyl (C=O) groups is 2. The highest BCUT2D eigenvalue weighted by Gasteiger charge is 2.15. The summed E-state index contributed by atoms with van der Waals surface area (Å²) in [6, 6.07) is 20.2. The minimum absolute atomic E-state index is 0.129. The molecule has 0 aliphatic heterocycles. The van der Waals surface area contributed by atoms with Gasteiger partial charge in [-0.15, -0.1) is 0 Å². The van der Waals surface area contributed by atoms with Crippen LogP contribution in [-0.2, 0) is 11.3 Å². The van der Waals surface area contributed by atoms with Crippen molar-refractivity contribution in [2.24, 2.45) is 0 Å². The normalized spacial score (nSPS) is 11.4. The molecule has 0 spiro atoms. The molecule has 3 aromatic rings. The van der Waals surface area contributed by atoms with E-state index in [4.69, 9.17) is 4.42 Å². The van der Waals surface area contributed by atoms with Crippen LogP contribution in [0.4, 0.5) is 0 Å². The molecule has 0 radical (unpaired) electrons. The van der Waals surface area contributed by atoms with Crippen LogP contribution in [0.1, 0.15) is 21.7 Å². The number of rotatable bonds is 7. The SMILES string of the molecule is O=C(NCc1ccco1)/C(=C\C=C\c1ccccc1)NC(=O)c1ccccc1Br. The summed E-state index contributed by atoms with van der Waals surface area (Å²) in [4.78, 5) is 25.3. The van der Waals surface area contributed by atoms with Crippen molar-refractivity contribution in [1.29, 1.82) is 0 Å². The minimum atomic E-state index is -0.417. The molecule has 1 heterocycles. The standard InChI is InChI=1S/C23H19BrN2O3/c24-20-13-5-4-12-19(20)22(27)26-21(14-6-10-17-8-2-1-3-9-17)23(28)25-16-18-11-7-15-29-18/h1-15H,16H2,(H,25,28)(H,26,27)/b10-6+,21-14+. The number of amides is 2. The highest BCUT2D eigenvalue weighted by molar-refractivity contribution is 9.10. The molecule has 2 amide bonds. The summed E-state index contributed by atoms with van der Waals surface area (Å²) in [6.07, 6.45) is 6.68. The van der Waals surface area contributed by atoms with Gasteiger partial charge in [0.05, 0.1) is 18.4 Å². The summed E-state index contributed by atoms with van der Waals surface area (Å²) in [5, 5.41) is 5.43. The summed E-state index contributed by atoms with van der Waals surface area (Å²) >= 11 is 3.36. The fourth-order valence-corrected chi connectivity index (χ4v) is 2.97. The van der Waals surface area contributed by atoms with E-state index in [0.717, 1.165) is 5.56 Å². The van der Waals surface area contributed by atoms with Crippen molar-refractivity contribution in [1.82, 2.24) is 10.6 Å². The van der Waals surface area contributed by atoms with Crippen LogP contribution in [0.15, 0.2) is 99.7 Å². The quantitative estimate of drug-likeness (QED) is 0.405. The molecule has 0 aliphatic carbocycles. The number of hydrogen-bond donors (Lipinski definition) is 2. The Bertz CT molecular complexity index is 1030. The third-order valence-electron chi connectivity index (χ3n) is 3.97. The molecule has 0 atom stereocenters. The topological polar surface area (TPSA) is 71.3 Å². The van der Waals surface area contributed by atoms with E-state index in [9.17, 15) is 9.59 Å². The first-order chi connectivity index (χ1) is 14.1. The predicted molar refractivity (Wildman–Crippen MR) is 116 cm³/mol. The number of benzene rings is 2. The molecule has 0 unspecified atom stereocenters. The van der Waals surface area contributed by atoms with Crippen LogP contribution in [0.25, 0.3) is 6.08 Å². The maximum Gasteiger partial charge on any atom is 0.268 e. The summed E-state index contributed by atoms with van der Waals surface area (Å²) < 4.78 is 5.87. The molecule has 146 valence electrons. The molecule has 1 aromatic heterocycles. The van der Waals surface area contributed by atoms with Crippen molar-refractivity contribution in [3.8, 4) is 0 Å². The lowest BCUT2D eigenvalue weighted by Crippen LogP contribution is -2.34. The maximum absolute atomic E-state index is 12.7. The zero-order valence-electron chi connectivity index (χ0n) is 15.5. The summed E-state index contributed by atoms with van der Waals surface area (Å²) in [6.45, 7) is 0.219. The number of allylic oxidation sites excluding steroid dienone is 2. The Morgan fingerprint density at radius 3 is 2.45 bits per heavy atom. The van der Waals surface area contributed by atoms with Gasteiger partial charge >= 0.3 is 0 Å². The van der Waals surface area contributed by atoms with Gasteiger partial charge in [-0.25, -0.2) is 0 Å². The fraction of sp³-hybridized carbons (Fsp3) is 0.0435. The Morgan fingerprint density at radius 1 is 0.966 bits per heavy atom. The van der Waals surface area contributed by atoms with Gasteiger partial charge in [-0.05, 0) is 51.8 Å². The minimum Gasteiger partial charge on any atom is -0.467 e. The smallest absolute Gasteiger partial charge is 0.268 e. The van der Waals surface area contributed by atoms with Gasteiger partial charge in [0, 0.05) is 4.47 Å². The second-order valence-corrected chi connectivity index (χ2v) is 6.90. The van der Waals surface area contributed by atoms with Gasteiger partial charge in [-0.3, -0.25) is 9.59 Å². The number of carbonyl (C=O) groups excluding carboxylic acids is 2. The van der Waals surface area contributed by atoms with E-state index in [-0.39, 0.29) is 18.1 Å². The Balaban J connectivity index is 1.77. The highest BCUT2D eigenvalue weighted by atomic mass is 79.9. The Morgan fingerprint density at radius 2 is 1.72 bits per heavy atom. The third-order valence-corrected chi connectivity index (χ3v) is 4.66. The first kappa shape index (κ1) is 20.4. The van der Waals surface area contributed by atoms with Crippen molar-refractivity contribution in [3.05, 3.63) is 112 Å².